The molecule has 1 atom stereocenters. The summed E-state index contributed by atoms with van der Waals surface area (Å²) in [7, 11) is 0. The minimum atomic E-state index is -0.622. The number of amides is 1. The van der Waals surface area contributed by atoms with E-state index >= 15 is 0 Å². The first-order valence-electron chi connectivity index (χ1n) is 11.3. The van der Waals surface area contributed by atoms with Crippen LogP contribution in [0.4, 0.5) is 0 Å². The number of nitrogens with one attached hydrogen (secondary N) is 1. The highest BCUT2D eigenvalue weighted by molar-refractivity contribution is 5.96. The van der Waals surface area contributed by atoms with Gasteiger partial charge in [-0.3, -0.25) is 14.7 Å². The van der Waals surface area contributed by atoms with E-state index in [1.165, 1.54) is 32.1 Å². The van der Waals surface area contributed by atoms with Gasteiger partial charge in [0.05, 0.1) is 0 Å². The molecule has 31 heavy (non-hydrogen) atoms. The minimum absolute atomic E-state index is 0.0317. The highest BCUT2D eigenvalue weighted by Crippen LogP contribution is 2.30. The molecule has 1 aliphatic heterocycles. The second-order valence-electron chi connectivity index (χ2n) is 8.76. The van der Waals surface area contributed by atoms with Gasteiger partial charge < -0.3 is 15.5 Å². The van der Waals surface area contributed by atoms with Crippen LogP contribution in [0.5, 0.6) is 11.6 Å². The lowest BCUT2D eigenvalue weighted by atomic mass is 9.84. The topological polar surface area (TPSA) is 111 Å². The first-order chi connectivity index (χ1) is 15.0. The lowest BCUT2D eigenvalue weighted by Crippen LogP contribution is -2.39. The molecule has 0 spiro atoms. The fourth-order valence-corrected chi connectivity index (χ4v) is 4.59. The minimum Gasteiger partial charge on any atom is -0.501 e. The molecule has 2 fully saturated rings. The van der Waals surface area contributed by atoms with E-state index in [-0.39, 0.29) is 17.6 Å². The van der Waals surface area contributed by atoms with Crippen LogP contribution in [0.1, 0.15) is 67.9 Å². The third kappa shape index (κ3) is 5.12. The molecule has 0 bridgehead atoms. The molecular weight excluding hydrogens is 394 g/mol. The first-order valence-corrected chi connectivity index (χ1v) is 11.3. The Morgan fingerprint density at radius 2 is 1.87 bits per heavy atom. The summed E-state index contributed by atoms with van der Waals surface area (Å²) >= 11 is 0. The van der Waals surface area contributed by atoms with E-state index in [9.17, 15) is 15.0 Å². The van der Waals surface area contributed by atoms with Crippen LogP contribution < -0.4 is 5.32 Å². The van der Waals surface area contributed by atoms with Crippen LogP contribution in [0, 0.1) is 5.92 Å². The third-order valence-electron chi connectivity index (χ3n) is 6.46. The van der Waals surface area contributed by atoms with Crippen LogP contribution in [-0.4, -0.2) is 55.1 Å². The summed E-state index contributed by atoms with van der Waals surface area (Å²) in [5.74, 6) is -1.22. The highest BCUT2D eigenvalue weighted by atomic mass is 16.3. The number of aromatic nitrogens is 3. The predicted molar refractivity (Wildman–Crippen MR) is 117 cm³/mol. The van der Waals surface area contributed by atoms with Crippen molar-refractivity contribution in [3.8, 4) is 23.1 Å². The van der Waals surface area contributed by atoms with Gasteiger partial charge in [-0.1, -0.05) is 25.3 Å². The quantitative estimate of drug-likeness (QED) is 0.651. The van der Waals surface area contributed by atoms with E-state index in [1.807, 2.05) is 13.0 Å². The number of hydrogen-bond acceptors (Lipinski definition) is 7. The Morgan fingerprint density at radius 3 is 2.55 bits per heavy atom. The van der Waals surface area contributed by atoms with Crippen LogP contribution in [0.3, 0.4) is 0 Å². The molecule has 1 aliphatic carbocycles. The summed E-state index contributed by atoms with van der Waals surface area (Å²) in [6, 6.07) is 3.71. The maximum absolute atomic E-state index is 12.8. The molecule has 8 nitrogen and oxygen atoms in total. The third-order valence-corrected chi connectivity index (χ3v) is 6.46. The van der Waals surface area contributed by atoms with E-state index in [4.69, 9.17) is 0 Å². The molecule has 4 rings (SSSR count). The Balaban J connectivity index is 1.49. The average Bonchev–Trinajstić information content (AvgIpc) is 3.29. The summed E-state index contributed by atoms with van der Waals surface area (Å²) in [5.41, 5.74) is 1.30. The van der Waals surface area contributed by atoms with Crippen LogP contribution >= 0.6 is 0 Å². The maximum Gasteiger partial charge on any atom is 0.274 e. The van der Waals surface area contributed by atoms with Gasteiger partial charge in [-0.25, -0.2) is 4.98 Å². The van der Waals surface area contributed by atoms with Crippen molar-refractivity contribution in [3.63, 3.8) is 0 Å². The summed E-state index contributed by atoms with van der Waals surface area (Å²) in [5, 5.41) is 23.2. The monoisotopic (exact) mass is 425 g/mol. The van der Waals surface area contributed by atoms with Crippen molar-refractivity contribution in [2.45, 2.75) is 64.5 Å². The normalized spacial score (nSPS) is 18.7. The standard InChI is InChI=1S/C23H31N5O3/c1-15(17-7-3-2-4-8-17)25-22(30)19-20(29)23(31)27-21(26-19)18-10-9-16(13-24-18)14-28-11-5-6-12-28/h9-10,13,15,17,29H,2-8,11-12,14H2,1H3,(H,25,30)(H,26,27,31)/t15-/m1/s1. The number of likely N-dealkylation sites (tertiary alicyclic amines) is 1. The summed E-state index contributed by atoms with van der Waals surface area (Å²) in [6.07, 6.45) is 9.99. The van der Waals surface area contributed by atoms with Crippen molar-refractivity contribution in [1.82, 2.24) is 25.2 Å². The number of rotatable bonds is 6. The molecule has 0 aromatic carbocycles. The Hall–Kier alpha value is -2.74. The van der Waals surface area contributed by atoms with Crippen molar-refractivity contribution < 1.29 is 15.0 Å². The molecule has 1 amide bonds. The molecule has 3 heterocycles. The number of pyridine rings is 1. The van der Waals surface area contributed by atoms with Crippen molar-refractivity contribution in [1.29, 1.82) is 0 Å². The zero-order chi connectivity index (χ0) is 21.8. The molecule has 2 aromatic rings. The lowest BCUT2D eigenvalue weighted by Gasteiger charge is -2.28. The zero-order valence-corrected chi connectivity index (χ0v) is 18.0. The first kappa shape index (κ1) is 21.5. The number of carbonyl (C=O) groups excluding carboxylic acids is 1. The van der Waals surface area contributed by atoms with E-state index in [2.05, 4.69) is 25.2 Å². The number of carbonyl (C=O) groups is 1. The fraction of sp³-hybridized carbons (Fsp3) is 0.565. The zero-order valence-electron chi connectivity index (χ0n) is 18.0. The van der Waals surface area contributed by atoms with E-state index in [1.54, 1.807) is 12.3 Å². The van der Waals surface area contributed by atoms with E-state index in [0.717, 1.165) is 38.0 Å². The van der Waals surface area contributed by atoms with Gasteiger partial charge >= 0.3 is 0 Å². The van der Waals surface area contributed by atoms with Crippen LogP contribution in [0.25, 0.3) is 11.5 Å². The van der Waals surface area contributed by atoms with Crippen molar-refractivity contribution in [3.05, 3.63) is 29.6 Å². The van der Waals surface area contributed by atoms with Gasteiger partial charge in [-0.05, 0) is 63.2 Å². The SMILES string of the molecule is C[C@@H](NC(=O)c1nc(-c2ccc(CN3CCCC3)cn2)nc(O)c1O)C1CCCCC1. The molecule has 0 unspecified atom stereocenters. The van der Waals surface area contributed by atoms with Crippen LogP contribution in [0.2, 0.25) is 0 Å². The largest absolute Gasteiger partial charge is 0.501 e. The highest BCUT2D eigenvalue weighted by Gasteiger charge is 2.26. The predicted octanol–water partition coefficient (Wildman–Crippen LogP) is 3.24. The lowest BCUT2D eigenvalue weighted by molar-refractivity contribution is 0.0910. The smallest absolute Gasteiger partial charge is 0.274 e. The molecule has 8 heteroatoms. The van der Waals surface area contributed by atoms with E-state index in [0.29, 0.717) is 11.6 Å². The van der Waals surface area contributed by atoms with Crippen LogP contribution in [-0.2, 0) is 6.54 Å². The van der Waals surface area contributed by atoms with Gasteiger partial charge in [-0.15, -0.1) is 0 Å². The molecule has 1 saturated carbocycles. The molecule has 166 valence electrons. The second-order valence-corrected chi connectivity index (χ2v) is 8.76. The number of nitrogens with zero attached hydrogens (tertiary/aromatic N) is 4. The number of aromatic hydroxyl groups is 2. The van der Waals surface area contributed by atoms with Gasteiger partial charge in [0.25, 0.3) is 11.8 Å². The summed E-state index contributed by atoms with van der Waals surface area (Å²) in [6.45, 7) is 5.04. The van der Waals surface area contributed by atoms with Gasteiger partial charge in [-0.2, -0.15) is 4.98 Å². The summed E-state index contributed by atoms with van der Waals surface area (Å²) < 4.78 is 0. The van der Waals surface area contributed by atoms with Gasteiger partial charge in [0.2, 0.25) is 5.75 Å². The molecule has 1 saturated heterocycles. The van der Waals surface area contributed by atoms with Crippen molar-refractivity contribution in [2.24, 2.45) is 5.92 Å². The Bertz CT molecular complexity index is 906. The average molecular weight is 426 g/mol. The van der Waals surface area contributed by atoms with Crippen molar-refractivity contribution >= 4 is 5.91 Å². The fourth-order valence-electron chi connectivity index (χ4n) is 4.59. The molecule has 0 radical (unpaired) electrons. The van der Waals surface area contributed by atoms with Gasteiger partial charge in [0, 0.05) is 18.8 Å². The van der Waals surface area contributed by atoms with Crippen LogP contribution in [0.15, 0.2) is 18.3 Å². The molecule has 3 N–H and O–H groups in total. The van der Waals surface area contributed by atoms with Crippen molar-refractivity contribution in [2.75, 3.05) is 13.1 Å². The second kappa shape index (κ2) is 9.60. The van der Waals surface area contributed by atoms with Gasteiger partial charge in [0.1, 0.15) is 5.69 Å². The van der Waals surface area contributed by atoms with Gasteiger partial charge in [0.15, 0.2) is 11.5 Å². The Morgan fingerprint density at radius 1 is 1.13 bits per heavy atom. The van der Waals surface area contributed by atoms with E-state index < -0.39 is 17.5 Å². The number of hydrogen-bond donors (Lipinski definition) is 3. The molecular formula is C23H31N5O3. The Kier molecular flexibility index (Phi) is 6.65. The molecule has 2 aliphatic rings. The maximum atomic E-state index is 12.8. The Labute approximate surface area is 182 Å². The molecule has 2 aromatic heterocycles. The summed E-state index contributed by atoms with van der Waals surface area (Å²) in [4.78, 5) is 27.8.